The van der Waals surface area contributed by atoms with E-state index in [-0.39, 0.29) is 50.3 Å². The molecule has 0 aliphatic carbocycles. The number of carbonyl (C=O) groups is 15. The number of nitrogens with zero attached hydrogens (tertiary/aromatic N) is 3. The number of aliphatic carboxylic acids is 2. The number of rotatable bonds is 25. The van der Waals surface area contributed by atoms with Crippen LogP contribution in [-0.4, -0.2) is 213 Å². The molecule has 3 heterocycles. The SMILES string of the molecule is C[C@H](N)C(=O)NN1CSSC[C@@H](C(=O)NCC(=O)C[C@@H](CCCCNC(=O)c2ccc(NN)nc2)C(N)=O)NC(=O)[C@H](Cc2ccccc2)NC(=O)[C@@H]2CSSC[C@H](NC(=O)[C@H](CC(=O)O)NC1=O)C(=O)N[C@@H](CCCN=C(N)N)C(=O)NCC(=O)N[C@@H](CC(=O)O)C(=O)N2. The van der Waals surface area contributed by atoms with E-state index < -0.39 is 198 Å². The number of aliphatic imine (C=N–C) groups is 1. The highest BCUT2D eigenvalue weighted by atomic mass is 33.1. The standard InChI is InChI=1S/C54H78N20O17S4/c1-27(55)44(82)73-74-26-95-94-23-36(47(85)63-21-31(75)17-29(43(56)81)10-5-6-14-60-45(83)30-12-13-39(72-59)62-20-30)68-48(86)33(16-28-8-3-2-4-9-28)67-52(90)38-25-93-92-24-37(70-50(88)35(19-42(79)80)71-54(74)91)51(89)66-32(11-7-15-61-53(57)58)46(84)64-22-40(76)65-34(18-41(77)78)49(87)69-38/h2-4,8-9,12-13,20,27,29,32-38H,5-7,10-11,14-19,21-26,55,59H2,1H3,(H2,56,81)(H,60,83)(H,62,72)(H,63,85)(H,64,84)(H,65,76)(H,66,89)(H,67,90)(H,68,86)(H,69,87)(H,70,88)(H,71,91)(H,73,82)(H,77,78)(H,79,80)(H4,57,58,61)/t27-,29+,32-,33-,34-,35-,36-,37-,38-/m0/s1. The van der Waals surface area contributed by atoms with Gasteiger partial charge in [-0.25, -0.2) is 20.6 Å². The van der Waals surface area contributed by atoms with Crippen molar-refractivity contribution < 1.29 is 82.1 Å². The van der Waals surface area contributed by atoms with Gasteiger partial charge in [-0.15, -0.1) is 0 Å². The van der Waals surface area contributed by atoms with Crippen LogP contribution in [0.2, 0.25) is 0 Å². The maximum atomic E-state index is 14.7. The van der Waals surface area contributed by atoms with Crippen LogP contribution in [0.15, 0.2) is 53.7 Å². The molecule has 13 amide bonds. The number of carboxylic acid groups (broad SMARTS) is 2. The zero-order chi connectivity index (χ0) is 70.1. The summed E-state index contributed by atoms with van der Waals surface area (Å²) in [6, 6.07) is -3.66. The second kappa shape index (κ2) is 40.8. The summed E-state index contributed by atoms with van der Waals surface area (Å²) in [4.78, 5) is 212. The number of hydrogen-bond acceptors (Lipinski definition) is 24. The molecule has 0 unspecified atom stereocenters. The third kappa shape index (κ3) is 28.9. The number of hydrogen-bond donors (Lipinski definition) is 19. The van der Waals surface area contributed by atoms with Crippen molar-refractivity contribution in [3.05, 3.63) is 59.8 Å². The number of Topliss-reactive ketones (excluding diaryl/α,β-unsaturated/α-hetero) is 1. The molecule has 1 aromatic carbocycles. The minimum absolute atomic E-state index is 0.0288. The average Bonchev–Trinajstić information content (AvgIpc) is 1.52. The summed E-state index contributed by atoms with van der Waals surface area (Å²) >= 11 is 0. The Morgan fingerprint density at radius 2 is 1.31 bits per heavy atom. The Morgan fingerprint density at radius 3 is 1.88 bits per heavy atom. The topological polar surface area (TPSA) is 599 Å². The molecule has 4 rings (SSSR count). The van der Waals surface area contributed by atoms with Gasteiger partial charge in [0.15, 0.2) is 11.7 Å². The Hall–Kier alpha value is -9.19. The molecule has 9 atom stereocenters. The van der Waals surface area contributed by atoms with E-state index in [0.717, 1.165) is 43.2 Å². The molecular formula is C54H78N20O17S4. The molecule has 2 bridgehead atoms. The molecule has 2 saturated heterocycles. The second-order valence-electron chi connectivity index (χ2n) is 21.2. The molecule has 2 aliphatic rings. The van der Waals surface area contributed by atoms with Crippen LogP contribution in [0, 0.1) is 5.92 Å². The number of benzene rings is 1. The van der Waals surface area contributed by atoms with Crippen LogP contribution in [0.5, 0.6) is 0 Å². The predicted octanol–water partition coefficient (Wildman–Crippen LogP) is -5.78. The fourth-order valence-corrected chi connectivity index (χ4v) is 12.9. The molecule has 1 aromatic heterocycles. The van der Waals surface area contributed by atoms with Crippen molar-refractivity contribution in [3.8, 4) is 0 Å². The Bertz CT molecular complexity index is 3100. The van der Waals surface area contributed by atoms with Gasteiger partial charge in [-0.05, 0) is 50.3 Å². The summed E-state index contributed by atoms with van der Waals surface area (Å²) in [5.41, 5.74) is 27.7. The Morgan fingerprint density at radius 1 is 0.695 bits per heavy atom. The van der Waals surface area contributed by atoms with Gasteiger partial charge >= 0.3 is 18.0 Å². The van der Waals surface area contributed by atoms with Gasteiger partial charge in [-0.2, -0.15) is 0 Å². The molecule has 95 heavy (non-hydrogen) atoms. The Kier molecular flexibility index (Phi) is 33.6. The zero-order valence-corrected chi connectivity index (χ0v) is 54.5. The first-order valence-corrected chi connectivity index (χ1v) is 34.2. The summed E-state index contributed by atoms with van der Waals surface area (Å²) in [5, 5.41) is 44.7. The number of nitrogens with one attached hydrogen (secondary N) is 12. The highest BCUT2D eigenvalue weighted by molar-refractivity contribution is 8.77. The predicted molar refractivity (Wildman–Crippen MR) is 348 cm³/mol. The number of unbranched alkanes of at least 4 members (excludes halogenated alkanes) is 1. The van der Waals surface area contributed by atoms with Gasteiger partial charge in [-0.1, -0.05) is 79.9 Å². The number of hydrazine groups is 2. The van der Waals surface area contributed by atoms with Crippen molar-refractivity contribution >= 4 is 144 Å². The molecule has 2 aromatic rings. The largest absolute Gasteiger partial charge is 0.481 e. The van der Waals surface area contributed by atoms with E-state index in [0.29, 0.717) is 29.2 Å². The van der Waals surface area contributed by atoms with Crippen molar-refractivity contribution in [1.29, 1.82) is 0 Å². The maximum absolute atomic E-state index is 14.7. The monoisotopic (exact) mass is 1410 g/mol. The summed E-state index contributed by atoms with van der Waals surface area (Å²) in [6.07, 6.45) is -0.967. The van der Waals surface area contributed by atoms with E-state index in [1.165, 1.54) is 25.3 Å². The first kappa shape index (κ1) is 78.3. The smallest absolute Gasteiger partial charge is 0.337 e. The number of aromatic nitrogens is 1. The van der Waals surface area contributed by atoms with Gasteiger partial charge in [0.2, 0.25) is 53.2 Å². The van der Waals surface area contributed by atoms with E-state index in [9.17, 15) is 82.1 Å². The molecule has 41 heteroatoms. The van der Waals surface area contributed by atoms with Crippen molar-refractivity contribution in [2.45, 2.75) is 113 Å². The average molecular weight is 1410 g/mol. The molecule has 2 aliphatic heterocycles. The lowest BCUT2D eigenvalue weighted by Crippen LogP contribution is -2.60. The number of pyridine rings is 1. The van der Waals surface area contributed by atoms with Crippen LogP contribution in [-0.2, 0) is 68.7 Å². The highest BCUT2D eigenvalue weighted by Gasteiger charge is 2.36. The second-order valence-corrected chi connectivity index (χ2v) is 26.2. The molecule has 37 nitrogen and oxygen atoms in total. The summed E-state index contributed by atoms with van der Waals surface area (Å²) < 4.78 is 0. The van der Waals surface area contributed by atoms with Crippen LogP contribution in [0.25, 0.3) is 0 Å². The normalized spacial score (nSPS) is 21.4. The third-order valence-corrected chi connectivity index (χ3v) is 18.2. The van der Waals surface area contributed by atoms with E-state index in [4.69, 9.17) is 28.8 Å². The van der Waals surface area contributed by atoms with Crippen LogP contribution < -0.4 is 92.8 Å². The Labute approximate surface area is 559 Å². The highest BCUT2D eigenvalue weighted by Crippen LogP contribution is 2.26. The number of primary amides is 1. The van der Waals surface area contributed by atoms with Crippen LogP contribution in [0.1, 0.15) is 74.2 Å². The number of amides is 13. The van der Waals surface area contributed by atoms with Crippen molar-refractivity contribution in [2.24, 2.45) is 39.7 Å². The molecule has 0 radical (unpaired) electrons. The molecule has 0 saturated carbocycles. The number of nitrogen functional groups attached to an aromatic ring is 1. The minimum atomic E-state index is -2.03. The molecule has 2 fully saturated rings. The fourth-order valence-electron chi connectivity index (χ4n) is 8.52. The maximum Gasteiger partial charge on any atom is 0.337 e. The van der Waals surface area contributed by atoms with Gasteiger partial charge in [0.1, 0.15) is 48.1 Å². The number of ketones is 1. The molecule has 520 valence electrons. The van der Waals surface area contributed by atoms with Crippen molar-refractivity contribution in [1.82, 2.24) is 68.6 Å². The summed E-state index contributed by atoms with van der Waals surface area (Å²) in [6.45, 7) is -0.241. The quantitative estimate of drug-likeness (QED) is 0.0110. The van der Waals surface area contributed by atoms with Crippen molar-refractivity contribution in [2.75, 3.05) is 54.7 Å². The summed E-state index contributed by atoms with van der Waals surface area (Å²) in [7, 11) is 3.07. The number of carboxylic acids is 2. The van der Waals surface area contributed by atoms with Gasteiger partial charge in [-0.3, -0.25) is 77.5 Å². The molecule has 24 N–H and O–H groups in total. The van der Waals surface area contributed by atoms with Gasteiger partial charge in [0.25, 0.3) is 11.8 Å². The number of nitrogens with two attached hydrogens (primary N) is 5. The van der Waals surface area contributed by atoms with Gasteiger partial charge in [0, 0.05) is 55.3 Å². The first-order chi connectivity index (χ1) is 45.1. The van der Waals surface area contributed by atoms with Crippen LogP contribution in [0.4, 0.5) is 10.6 Å². The van der Waals surface area contributed by atoms with E-state index in [1.54, 1.807) is 30.3 Å². The van der Waals surface area contributed by atoms with Crippen molar-refractivity contribution in [3.63, 3.8) is 0 Å². The van der Waals surface area contributed by atoms with E-state index in [2.05, 4.69) is 74.0 Å². The third-order valence-electron chi connectivity index (χ3n) is 13.6. The first-order valence-electron chi connectivity index (χ1n) is 29.2. The number of guanidine groups is 1. The number of fused-ring (bicyclic) bond motifs is 5. The lowest BCUT2D eigenvalue weighted by Gasteiger charge is -2.28. The molecule has 0 spiro atoms. The van der Waals surface area contributed by atoms with Gasteiger partial charge in [0.05, 0.1) is 43.4 Å². The van der Waals surface area contributed by atoms with Crippen LogP contribution in [0.3, 0.4) is 0 Å². The number of anilines is 1. The lowest BCUT2D eigenvalue weighted by atomic mass is 9.95. The fraction of sp³-hybridized carbons (Fsp3) is 0.500. The van der Waals surface area contributed by atoms with Gasteiger partial charge < -0.3 is 91.7 Å². The lowest BCUT2D eigenvalue weighted by molar-refractivity contribution is -0.141. The van der Waals surface area contributed by atoms with Crippen LogP contribution >= 0.6 is 43.2 Å². The number of urea groups is 1. The number of carbonyl (C=O) groups excluding carboxylic acids is 13. The van der Waals surface area contributed by atoms with E-state index in [1.807, 2.05) is 0 Å². The Balaban J connectivity index is 1.75. The van der Waals surface area contributed by atoms with E-state index >= 15 is 0 Å². The zero-order valence-electron chi connectivity index (χ0n) is 51.2. The summed E-state index contributed by atoms with van der Waals surface area (Å²) in [5.74, 6) is -12.6. The minimum Gasteiger partial charge on any atom is -0.481 e. The molecular weight excluding hydrogens is 1330 g/mol.